The molecular formula is C22H24Cl2N2O5. The lowest BCUT2D eigenvalue weighted by molar-refractivity contribution is -0.135. The van der Waals surface area contributed by atoms with Gasteiger partial charge in [0.1, 0.15) is 23.8 Å². The first kappa shape index (κ1) is 24.5. The molecule has 2 aromatic rings. The molecule has 7 nitrogen and oxygen atoms in total. The second-order valence-electron chi connectivity index (χ2n) is 6.47. The van der Waals surface area contributed by atoms with E-state index in [-0.39, 0.29) is 25.3 Å². The largest absolute Gasteiger partial charge is 0.497 e. The molecule has 0 atom stereocenters. The number of carbonyl (C=O) groups excluding carboxylic acids is 2. The summed E-state index contributed by atoms with van der Waals surface area (Å²) in [6, 6.07) is 10.6. The molecule has 0 aliphatic rings. The number of hydrazone groups is 1. The number of halogens is 2. The Balaban J connectivity index is 2.18. The van der Waals surface area contributed by atoms with Gasteiger partial charge in [-0.3, -0.25) is 4.79 Å². The minimum Gasteiger partial charge on any atom is -0.497 e. The lowest BCUT2D eigenvalue weighted by Gasteiger charge is -2.17. The van der Waals surface area contributed by atoms with Gasteiger partial charge >= 0.3 is 5.97 Å². The first-order valence-corrected chi connectivity index (χ1v) is 10.2. The quantitative estimate of drug-likeness (QED) is 0.308. The van der Waals surface area contributed by atoms with E-state index in [1.54, 1.807) is 26.2 Å². The molecule has 0 heterocycles. The summed E-state index contributed by atoms with van der Waals surface area (Å²) in [5.41, 5.74) is 1.38. The van der Waals surface area contributed by atoms with Crippen LogP contribution in [0.3, 0.4) is 0 Å². The number of amides is 1. The van der Waals surface area contributed by atoms with Gasteiger partial charge in [-0.15, -0.1) is 0 Å². The van der Waals surface area contributed by atoms with E-state index >= 15 is 0 Å². The van der Waals surface area contributed by atoms with Crippen molar-refractivity contribution in [2.45, 2.75) is 26.9 Å². The number of likely N-dealkylation sites (N-methyl/N-ethyl adjacent to an activating group) is 1. The summed E-state index contributed by atoms with van der Waals surface area (Å²) in [7, 11) is 3.04. The van der Waals surface area contributed by atoms with Crippen LogP contribution in [0.4, 0.5) is 0 Å². The first-order valence-electron chi connectivity index (χ1n) is 9.48. The van der Waals surface area contributed by atoms with Crippen LogP contribution in [0.2, 0.25) is 10.0 Å². The van der Waals surface area contributed by atoms with Crippen molar-refractivity contribution in [3.05, 3.63) is 57.6 Å². The van der Waals surface area contributed by atoms with Crippen LogP contribution in [0.1, 0.15) is 25.0 Å². The molecule has 0 radical (unpaired) electrons. The molecule has 0 bridgehead atoms. The van der Waals surface area contributed by atoms with Crippen LogP contribution in [0.5, 0.6) is 11.5 Å². The molecule has 0 spiro atoms. The number of rotatable bonds is 9. The average molecular weight is 467 g/mol. The van der Waals surface area contributed by atoms with Crippen molar-refractivity contribution in [3.8, 4) is 11.5 Å². The van der Waals surface area contributed by atoms with Crippen molar-refractivity contribution in [2.24, 2.45) is 5.10 Å². The molecule has 1 amide bonds. The number of methoxy groups -OCH3 is 1. The van der Waals surface area contributed by atoms with Crippen molar-refractivity contribution in [1.29, 1.82) is 0 Å². The van der Waals surface area contributed by atoms with Crippen LogP contribution in [0.25, 0.3) is 0 Å². The van der Waals surface area contributed by atoms with Crippen LogP contribution in [-0.4, -0.2) is 43.4 Å². The van der Waals surface area contributed by atoms with E-state index in [4.69, 9.17) is 37.4 Å². The molecule has 0 N–H and O–H groups in total. The summed E-state index contributed by atoms with van der Waals surface area (Å²) in [5.74, 6) is 0.0592. The minimum atomic E-state index is -0.591. The molecule has 0 saturated carbocycles. The number of esters is 1. The van der Waals surface area contributed by atoms with Gasteiger partial charge in [-0.1, -0.05) is 35.3 Å². The summed E-state index contributed by atoms with van der Waals surface area (Å²) in [4.78, 5) is 24.4. The van der Waals surface area contributed by atoms with Gasteiger partial charge in [0.2, 0.25) is 5.91 Å². The van der Waals surface area contributed by atoms with Gasteiger partial charge in [0.25, 0.3) is 0 Å². The van der Waals surface area contributed by atoms with E-state index < -0.39 is 11.9 Å². The highest BCUT2D eigenvalue weighted by molar-refractivity contribution is 6.36. The number of nitrogens with zero attached hydrogens (tertiary/aromatic N) is 2. The van der Waals surface area contributed by atoms with Crippen LogP contribution in [0, 0.1) is 0 Å². The molecule has 0 unspecified atom stereocenters. The topological polar surface area (TPSA) is 77.4 Å². The zero-order valence-electron chi connectivity index (χ0n) is 17.8. The predicted octanol–water partition coefficient (Wildman–Crippen LogP) is 4.52. The van der Waals surface area contributed by atoms with Crippen LogP contribution >= 0.6 is 23.2 Å². The highest BCUT2D eigenvalue weighted by Gasteiger charge is 2.20. The minimum absolute atomic E-state index is 0.0610. The number of carbonyl (C=O) groups is 2. The zero-order chi connectivity index (χ0) is 23.0. The van der Waals surface area contributed by atoms with Crippen molar-refractivity contribution in [3.63, 3.8) is 0 Å². The number of hydrogen-bond donors (Lipinski definition) is 0. The third-order valence-corrected chi connectivity index (χ3v) is 4.91. The van der Waals surface area contributed by atoms with E-state index in [1.165, 1.54) is 14.0 Å². The molecule has 166 valence electrons. The Bertz CT molecular complexity index is 961. The van der Waals surface area contributed by atoms with E-state index in [1.807, 2.05) is 24.3 Å². The molecule has 0 aromatic heterocycles. The summed E-state index contributed by atoms with van der Waals surface area (Å²) >= 11 is 12.7. The molecule has 0 aliphatic heterocycles. The molecular weight excluding hydrogens is 443 g/mol. The average Bonchev–Trinajstić information content (AvgIpc) is 2.76. The monoisotopic (exact) mass is 466 g/mol. The molecule has 0 aliphatic carbocycles. The Labute approximate surface area is 191 Å². The smallest absolute Gasteiger partial charge is 0.354 e. The Kier molecular flexibility index (Phi) is 9.15. The van der Waals surface area contributed by atoms with E-state index in [9.17, 15) is 9.59 Å². The van der Waals surface area contributed by atoms with Crippen molar-refractivity contribution in [2.75, 3.05) is 20.8 Å². The Morgan fingerprint density at radius 2 is 1.71 bits per heavy atom. The van der Waals surface area contributed by atoms with Crippen molar-refractivity contribution in [1.82, 2.24) is 5.01 Å². The zero-order valence-corrected chi connectivity index (χ0v) is 19.3. The maximum absolute atomic E-state index is 12.7. The van der Waals surface area contributed by atoms with E-state index in [2.05, 4.69) is 5.10 Å². The maximum Gasteiger partial charge on any atom is 0.354 e. The van der Waals surface area contributed by atoms with Gasteiger partial charge < -0.3 is 14.2 Å². The van der Waals surface area contributed by atoms with Gasteiger partial charge in [0, 0.05) is 17.6 Å². The first-order chi connectivity index (χ1) is 14.8. The number of benzene rings is 2. The lowest BCUT2D eigenvalue weighted by atomic mass is 10.1. The highest BCUT2D eigenvalue weighted by atomic mass is 35.5. The molecule has 2 aromatic carbocycles. The Morgan fingerprint density at radius 3 is 2.32 bits per heavy atom. The second kappa shape index (κ2) is 11.6. The third kappa shape index (κ3) is 6.87. The fraction of sp³-hybridized carbons (Fsp3) is 0.318. The van der Waals surface area contributed by atoms with Gasteiger partial charge in [-0.25, -0.2) is 9.80 Å². The van der Waals surface area contributed by atoms with Gasteiger partial charge in [-0.2, -0.15) is 5.10 Å². The summed E-state index contributed by atoms with van der Waals surface area (Å²) in [6.07, 6.45) is -0.118. The fourth-order valence-electron chi connectivity index (χ4n) is 2.60. The summed E-state index contributed by atoms with van der Waals surface area (Å²) in [6.45, 7) is 3.60. The normalized spacial score (nSPS) is 11.1. The van der Waals surface area contributed by atoms with Crippen LogP contribution < -0.4 is 9.47 Å². The fourth-order valence-corrected chi connectivity index (χ4v) is 3.04. The highest BCUT2D eigenvalue weighted by Crippen LogP contribution is 2.35. The predicted molar refractivity (Wildman–Crippen MR) is 120 cm³/mol. The Morgan fingerprint density at radius 1 is 1.06 bits per heavy atom. The van der Waals surface area contributed by atoms with Crippen molar-refractivity contribution >= 4 is 40.8 Å². The number of ether oxygens (including phenoxy) is 3. The Hall–Kier alpha value is -2.77. The maximum atomic E-state index is 12.7. The molecule has 9 heteroatoms. The van der Waals surface area contributed by atoms with Gasteiger partial charge in [0.05, 0.1) is 25.2 Å². The molecule has 0 fully saturated rings. The molecule has 2 rings (SSSR count). The standard InChI is InChI=1S/C22H24Cl2N2O5/c1-5-30-22(28)14(2)25-26(3)20(27)12-17-18(23)10-11-19(24)21(17)31-13-15-6-8-16(29-4)9-7-15/h6-11H,5,12-13H2,1-4H3. The number of hydrogen-bond acceptors (Lipinski definition) is 6. The van der Waals surface area contributed by atoms with Gasteiger partial charge in [0.15, 0.2) is 0 Å². The second-order valence-corrected chi connectivity index (χ2v) is 7.29. The van der Waals surface area contributed by atoms with E-state index in [0.29, 0.717) is 21.4 Å². The van der Waals surface area contributed by atoms with Crippen molar-refractivity contribution < 1.29 is 23.8 Å². The van der Waals surface area contributed by atoms with E-state index in [0.717, 1.165) is 16.3 Å². The SMILES string of the molecule is CCOC(=O)C(C)=NN(C)C(=O)Cc1c(Cl)ccc(Cl)c1OCc1ccc(OC)cc1. The van der Waals surface area contributed by atoms with Gasteiger partial charge in [-0.05, 0) is 43.7 Å². The van der Waals surface area contributed by atoms with Crippen LogP contribution in [-0.2, 0) is 27.4 Å². The summed E-state index contributed by atoms with van der Waals surface area (Å²) < 4.78 is 15.9. The lowest BCUT2D eigenvalue weighted by Crippen LogP contribution is -2.27. The molecule has 31 heavy (non-hydrogen) atoms. The molecule has 0 saturated heterocycles. The summed E-state index contributed by atoms with van der Waals surface area (Å²) in [5, 5.41) is 5.71. The third-order valence-electron chi connectivity index (χ3n) is 4.26. The van der Waals surface area contributed by atoms with Crippen LogP contribution in [0.15, 0.2) is 41.5 Å².